The maximum Gasteiger partial charge on any atom is 0.171 e. The molecule has 0 aromatic heterocycles. The van der Waals surface area contributed by atoms with Gasteiger partial charge in [-0.1, -0.05) is 26.2 Å². The zero-order chi connectivity index (χ0) is 14.0. The topological polar surface area (TPSA) is 53.7 Å². The Kier molecular flexibility index (Phi) is 4.65. The summed E-state index contributed by atoms with van der Waals surface area (Å²) in [6.07, 6.45) is 9.47. The molecule has 0 aromatic carbocycles. The van der Waals surface area contributed by atoms with E-state index in [2.05, 4.69) is 6.92 Å². The van der Waals surface area contributed by atoms with Gasteiger partial charge < -0.3 is 19.9 Å². The van der Waals surface area contributed by atoms with Crippen LogP contribution in [0.2, 0.25) is 0 Å². The average Bonchev–Trinajstić information content (AvgIpc) is 2.92. The molecule has 4 heteroatoms. The first-order valence-corrected chi connectivity index (χ1v) is 8.40. The molecule has 0 radical (unpaired) electrons. The normalized spacial score (nSPS) is 41.1. The predicted octanol–water partition coefficient (Wildman–Crippen LogP) is 2.59. The summed E-state index contributed by atoms with van der Waals surface area (Å²) in [6.45, 7) is 3.71. The standard InChI is InChI=1S/C16H29NO3/c1-2-12-4-3-5-13(10-12)20-15-11-16(7-6-14(15)17)18-8-9-19-16/h12-15H,2-11,17H2,1H3. The summed E-state index contributed by atoms with van der Waals surface area (Å²) in [5.74, 6) is 0.445. The van der Waals surface area contributed by atoms with Crippen LogP contribution in [-0.4, -0.2) is 37.3 Å². The zero-order valence-corrected chi connectivity index (χ0v) is 12.7. The Balaban J connectivity index is 1.57. The molecule has 4 nitrogen and oxygen atoms in total. The van der Waals surface area contributed by atoms with Gasteiger partial charge in [0, 0.05) is 18.9 Å². The molecule has 2 saturated carbocycles. The van der Waals surface area contributed by atoms with Crippen molar-refractivity contribution in [3.63, 3.8) is 0 Å². The Morgan fingerprint density at radius 1 is 1.20 bits per heavy atom. The fourth-order valence-corrected chi connectivity index (χ4v) is 4.02. The highest BCUT2D eigenvalue weighted by atomic mass is 16.7. The van der Waals surface area contributed by atoms with Gasteiger partial charge in [-0.15, -0.1) is 0 Å². The van der Waals surface area contributed by atoms with Gasteiger partial charge >= 0.3 is 0 Å². The molecular formula is C16H29NO3. The van der Waals surface area contributed by atoms with Gasteiger partial charge in [-0.25, -0.2) is 0 Å². The lowest BCUT2D eigenvalue weighted by Crippen LogP contribution is -2.51. The summed E-state index contributed by atoms with van der Waals surface area (Å²) in [5, 5.41) is 0. The molecule has 116 valence electrons. The zero-order valence-electron chi connectivity index (χ0n) is 12.7. The SMILES string of the molecule is CCC1CCCC(OC2CC3(CCC2N)OCCO3)C1. The first-order chi connectivity index (χ1) is 9.71. The summed E-state index contributed by atoms with van der Waals surface area (Å²) < 4.78 is 18.0. The first kappa shape index (κ1) is 14.8. The molecule has 1 spiro atoms. The highest BCUT2D eigenvalue weighted by Crippen LogP contribution is 2.38. The molecule has 3 rings (SSSR count). The Morgan fingerprint density at radius 3 is 2.75 bits per heavy atom. The summed E-state index contributed by atoms with van der Waals surface area (Å²) >= 11 is 0. The molecule has 3 aliphatic rings. The van der Waals surface area contributed by atoms with E-state index in [9.17, 15) is 0 Å². The number of hydrogen-bond donors (Lipinski definition) is 1. The quantitative estimate of drug-likeness (QED) is 0.865. The van der Waals surface area contributed by atoms with Crippen LogP contribution in [-0.2, 0) is 14.2 Å². The van der Waals surface area contributed by atoms with Crippen LogP contribution in [0, 0.1) is 5.92 Å². The third-order valence-corrected chi connectivity index (χ3v) is 5.34. The van der Waals surface area contributed by atoms with Crippen molar-refractivity contribution in [3.05, 3.63) is 0 Å². The van der Waals surface area contributed by atoms with Gasteiger partial charge in [0.2, 0.25) is 0 Å². The fourth-order valence-electron chi connectivity index (χ4n) is 4.02. The van der Waals surface area contributed by atoms with Gasteiger partial charge in [-0.05, 0) is 25.2 Å². The lowest BCUT2D eigenvalue weighted by molar-refractivity contribution is -0.212. The highest BCUT2D eigenvalue weighted by molar-refractivity contribution is 4.91. The van der Waals surface area contributed by atoms with E-state index in [1.165, 1.54) is 32.1 Å². The third-order valence-electron chi connectivity index (χ3n) is 5.34. The molecule has 1 saturated heterocycles. The van der Waals surface area contributed by atoms with Crippen molar-refractivity contribution >= 4 is 0 Å². The predicted molar refractivity (Wildman–Crippen MR) is 77.4 cm³/mol. The second kappa shape index (κ2) is 6.30. The van der Waals surface area contributed by atoms with Crippen molar-refractivity contribution in [2.75, 3.05) is 13.2 Å². The number of nitrogens with two attached hydrogens (primary N) is 1. The van der Waals surface area contributed by atoms with E-state index in [-0.39, 0.29) is 17.9 Å². The molecule has 2 aliphatic carbocycles. The molecule has 2 N–H and O–H groups in total. The molecule has 0 amide bonds. The van der Waals surface area contributed by atoms with Gasteiger partial charge in [0.15, 0.2) is 5.79 Å². The fraction of sp³-hybridized carbons (Fsp3) is 1.00. The molecule has 0 aromatic rings. The number of rotatable bonds is 3. The molecular weight excluding hydrogens is 254 g/mol. The summed E-state index contributed by atoms with van der Waals surface area (Å²) in [7, 11) is 0. The van der Waals surface area contributed by atoms with Gasteiger partial charge in [0.05, 0.1) is 25.4 Å². The van der Waals surface area contributed by atoms with Crippen molar-refractivity contribution < 1.29 is 14.2 Å². The van der Waals surface area contributed by atoms with E-state index < -0.39 is 0 Å². The van der Waals surface area contributed by atoms with Crippen LogP contribution in [0.3, 0.4) is 0 Å². The molecule has 0 bridgehead atoms. The maximum atomic E-state index is 6.38. The molecule has 3 fully saturated rings. The van der Waals surface area contributed by atoms with Crippen molar-refractivity contribution in [2.24, 2.45) is 11.7 Å². The molecule has 4 unspecified atom stereocenters. The van der Waals surface area contributed by atoms with Crippen LogP contribution < -0.4 is 5.73 Å². The maximum absolute atomic E-state index is 6.38. The minimum absolute atomic E-state index is 0.0995. The second-order valence-corrected chi connectivity index (χ2v) is 6.75. The van der Waals surface area contributed by atoms with Crippen molar-refractivity contribution in [3.8, 4) is 0 Å². The molecule has 1 aliphatic heterocycles. The van der Waals surface area contributed by atoms with Gasteiger partial charge in [0.1, 0.15) is 0 Å². The third kappa shape index (κ3) is 3.19. The van der Waals surface area contributed by atoms with Crippen molar-refractivity contribution in [2.45, 2.75) is 82.3 Å². The first-order valence-electron chi connectivity index (χ1n) is 8.40. The minimum Gasteiger partial charge on any atom is -0.373 e. The van der Waals surface area contributed by atoms with Crippen LogP contribution in [0.4, 0.5) is 0 Å². The van der Waals surface area contributed by atoms with E-state index in [4.69, 9.17) is 19.9 Å². The Hall–Kier alpha value is -0.160. The largest absolute Gasteiger partial charge is 0.373 e. The Morgan fingerprint density at radius 2 is 2.00 bits per heavy atom. The second-order valence-electron chi connectivity index (χ2n) is 6.75. The van der Waals surface area contributed by atoms with Crippen molar-refractivity contribution in [1.29, 1.82) is 0 Å². The van der Waals surface area contributed by atoms with Crippen LogP contribution in [0.1, 0.15) is 58.3 Å². The van der Waals surface area contributed by atoms with E-state index in [0.29, 0.717) is 19.3 Å². The lowest BCUT2D eigenvalue weighted by atomic mass is 9.84. The van der Waals surface area contributed by atoms with Gasteiger partial charge in [-0.2, -0.15) is 0 Å². The van der Waals surface area contributed by atoms with Gasteiger partial charge in [-0.3, -0.25) is 0 Å². The summed E-state index contributed by atoms with van der Waals surface area (Å²) in [5.41, 5.74) is 6.28. The molecule has 4 atom stereocenters. The lowest BCUT2D eigenvalue weighted by Gasteiger charge is -2.42. The van der Waals surface area contributed by atoms with E-state index in [1.807, 2.05) is 0 Å². The summed E-state index contributed by atoms with van der Waals surface area (Å²) in [6, 6.07) is 0.135. The average molecular weight is 283 g/mol. The van der Waals surface area contributed by atoms with E-state index >= 15 is 0 Å². The smallest absolute Gasteiger partial charge is 0.171 e. The van der Waals surface area contributed by atoms with Crippen LogP contribution in [0.15, 0.2) is 0 Å². The summed E-state index contributed by atoms with van der Waals surface area (Å²) in [4.78, 5) is 0. The van der Waals surface area contributed by atoms with Crippen LogP contribution in [0.25, 0.3) is 0 Å². The highest BCUT2D eigenvalue weighted by Gasteiger charge is 2.45. The minimum atomic E-state index is -0.390. The Bertz CT molecular complexity index is 317. The van der Waals surface area contributed by atoms with Crippen LogP contribution >= 0.6 is 0 Å². The monoisotopic (exact) mass is 283 g/mol. The number of ether oxygens (including phenoxy) is 3. The molecule has 20 heavy (non-hydrogen) atoms. The molecule has 1 heterocycles. The van der Waals surface area contributed by atoms with E-state index in [1.54, 1.807) is 0 Å². The number of hydrogen-bond acceptors (Lipinski definition) is 4. The van der Waals surface area contributed by atoms with E-state index in [0.717, 1.165) is 25.2 Å². The van der Waals surface area contributed by atoms with Crippen molar-refractivity contribution in [1.82, 2.24) is 0 Å². The van der Waals surface area contributed by atoms with Crippen LogP contribution in [0.5, 0.6) is 0 Å². The Labute approximate surface area is 122 Å². The van der Waals surface area contributed by atoms with Gasteiger partial charge in [0.25, 0.3) is 0 Å².